The molecule has 0 saturated heterocycles. The molecule has 0 aromatic heterocycles. The first-order chi connectivity index (χ1) is 9.41. The summed E-state index contributed by atoms with van der Waals surface area (Å²) in [6.45, 7) is 2.08. The first kappa shape index (κ1) is 15.4. The predicted molar refractivity (Wildman–Crippen MR) is 74.3 cm³/mol. The molecule has 1 aromatic carbocycles. The van der Waals surface area contributed by atoms with Crippen molar-refractivity contribution in [1.29, 1.82) is 0 Å². The van der Waals surface area contributed by atoms with Crippen LogP contribution >= 0.6 is 0 Å². The van der Waals surface area contributed by atoms with Crippen molar-refractivity contribution in [2.24, 2.45) is 17.6 Å². The minimum absolute atomic E-state index is 0.143. The van der Waals surface area contributed by atoms with Crippen LogP contribution in [0.4, 0.5) is 13.2 Å². The Balaban J connectivity index is 1.99. The van der Waals surface area contributed by atoms with Gasteiger partial charge in [0.2, 0.25) is 0 Å². The molecule has 0 spiro atoms. The minimum Gasteiger partial charge on any atom is -0.324 e. The van der Waals surface area contributed by atoms with Gasteiger partial charge in [0.1, 0.15) is 0 Å². The van der Waals surface area contributed by atoms with E-state index in [1.54, 1.807) is 0 Å². The first-order valence-electron chi connectivity index (χ1n) is 7.33. The topological polar surface area (TPSA) is 26.0 Å². The predicted octanol–water partition coefficient (Wildman–Crippen LogP) is 4.62. The van der Waals surface area contributed by atoms with Crippen LogP contribution in [0.5, 0.6) is 0 Å². The molecule has 112 valence electrons. The lowest BCUT2D eigenvalue weighted by Gasteiger charge is -2.33. The third-order valence-electron chi connectivity index (χ3n) is 4.49. The smallest absolute Gasteiger partial charge is 0.324 e. The van der Waals surface area contributed by atoms with Crippen LogP contribution in [0.15, 0.2) is 24.3 Å². The molecule has 1 aliphatic carbocycles. The fraction of sp³-hybridized carbons (Fsp3) is 0.625. The third kappa shape index (κ3) is 3.54. The van der Waals surface area contributed by atoms with E-state index in [9.17, 15) is 13.2 Å². The lowest BCUT2D eigenvalue weighted by atomic mass is 9.76. The molecule has 0 amide bonds. The van der Waals surface area contributed by atoms with E-state index in [2.05, 4.69) is 19.1 Å². The Morgan fingerprint density at radius 3 is 2.40 bits per heavy atom. The van der Waals surface area contributed by atoms with Gasteiger partial charge in [-0.3, -0.25) is 0 Å². The number of rotatable bonds is 3. The van der Waals surface area contributed by atoms with E-state index < -0.39 is 12.1 Å². The lowest BCUT2D eigenvalue weighted by molar-refractivity contribution is -0.184. The summed E-state index contributed by atoms with van der Waals surface area (Å²) in [5.41, 5.74) is 8.55. The summed E-state index contributed by atoms with van der Waals surface area (Å²) in [5.74, 6) is -0.964. The zero-order valence-electron chi connectivity index (χ0n) is 11.8. The quantitative estimate of drug-likeness (QED) is 0.861. The van der Waals surface area contributed by atoms with E-state index in [1.165, 1.54) is 5.56 Å². The van der Waals surface area contributed by atoms with Gasteiger partial charge in [-0.15, -0.1) is 0 Å². The summed E-state index contributed by atoms with van der Waals surface area (Å²) in [4.78, 5) is 0. The van der Waals surface area contributed by atoms with Gasteiger partial charge in [-0.2, -0.15) is 13.2 Å². The molecule has 1 nitrogen and oxygen atoms in total. The first-order valence-corrected chi connectivity index (χ1v) is 7.33. The molecule has 1 fully saturated rings. The summed E-state index contributed by atoms with van der Waals surface area (Å²) in [7, 11) is 0. The second kappa shape index (κ2) is 6.17. The van der Waals surface area contributed by atoms with Crippen molar-refractivity contribution in [3.05, 3.63) is 35.4 Å². The molecule has 1 aliphatic rings. The highest BCUT2D eigenvalue weighted by molar-refractivity contribution is 5.26. The van der Waals surface area contributed by atoms with Gasteiger partial charge in [0.15, 0.2) is 0 Å². The Morgan fingerprint density at radius 2 is 1.85 bits per heavy atom. The summed E-state index contributed by atoms with van der Waals surface area (Å²) >= 11 is 0. The zero-order valence-corrected chi connectivity index (χ0v) is 11.8. The largest absolute Gasteiger partial charge is 0.391 e. The highest BCUT2D eigenvalue weighted by Crippen LogP contribution is 2.42. The van der Waals surface area contributed by atoms with Crippen LogP contribution in [-0.4, -0.2) is 6.18 Å². The van der Waals surface area contributed by atoms with Crippen LogP contribution in [0.1, 0.15) is 49.8 Å². The van der Waals surface area contributed by atoms with Gasteiger partial charge in [0.05, 0.1) is 5.92 Å². The van der Waals surface area contributed by atoms with Crippen molar-refractivity contribution in [3.63, 3.8) is 0 Å². The number of halogens is 3. The molecular formula is C16H22F3N. The molecule has 1 atom stereocenters. The Hall–Kier alpha value is -1.03. The van der Waals surface area contributed by atoms with E-state index in [0.29, 0.717) is 12.8 Å². The third-order valence-corrected chi connectivity index (χ3v) is 4.49. The van der Waals surface area contributed by atoms with E-state index in [-0.39, 0.29) is 24.8 Å². The number of alkyl halides is 3. The van der Waals surface area contributed by atoms with E-state index in [1.807, 2.05) is 12.1 Å². The molecule has 0 heterocycles. The maximum absolute atomic E-state index is 12.7. The van der Waals surface area contributed by atoms with E-state index in [4.69, 9.17) is 5.73 Å². The molecule has 2 N–H and O–H groups in total. The van der Waals surface area contributed by atoms with Crippen molar-refractivity contribution in [3.8, 4) is 0 Å². The molecule has 0 aliphatic heterocycles. The van der Waals surface area contributed by atoms with Crippen molar-refractivity contribution in [1.82, 2.24) is 0 Å². The molecule has 1 unspecified atom stereocenters. The van der Waals surface area contributed by atoms with Crippen LogP contribution in [0.3, 0.4) is 0 Å². The second-order valence-corrected chi connectivity index (χ2v) is 5.78. The summed E-state index contributed by atoms with van der Waals surface area (Å²) in [5, 5.41) is 0. The fourth-order valence-corrected chi connectivity index (χ4v) is 3.10. The molecule has 1 saturated carbocycles. The Labute approximate surface area is 118 Å². The Bertz CT molecular complexity index is 434. The van der Waals surface area contributed by atoms with Crippen molar-refractivity contribution >= 4 is 0 Å². The summed E-state index contributed by atoms with van der Waals surface area (Å²) < 4.78 is 38.0. The maximum atomic E-state index is 12.7. The van der Waals surface area contributed by atoms with E-state index >= 15 is 0 Å². The van der Waals surface area contributed by atoms with Crippen molar-refractivity contribution in [2.45, 2.75) is 51.2 Å². The number of hydrogen-bond donors (Lipinski definition) is 1. The van der Waals surface area contributed by atoms with Crippen LogP contribution in [0.2, 0.25) is 0 Å². The average molecular weight is 285 g/mol. The van der Waals surface area contributed by atoms with Gasteiger partial charge < -0.3 is 5.73 Å². The highest BCUT2D eigenvalue weighted by atomic mass is 19.4. The Kier molecular flexibility index (Phi) is 4.74. The number of aryl methyl sites for hydroxylation is 1. The van der Waals surface area contributed by atoms with Gasteiger partial charge in [-0.1, -0.05) is 31.2 Å². The van der Waals surface area contributed by atoms with Gasteiger partial charge in [0, 0.05) is 6.04 Å². The maximum Gasteiger partial charge on any atom is 0.391 e. The normalized spacial score (nSPS) is 25.4. The monoisotopic (exact) mass is 285 g/mol. The van der Waals surface area contributed by atoms with Crippen molar-refractivity contribution in [2.75, 3.05) is 0 Å². The second-order valence-electron chi connectivity index (χ2n) is 5.78. The van der Waals surface area contributed by atoms with Gasteiger partial charge in [-0.25, -0.2) is 0 Å². The number of nitrogens with two attached hydrogens (primary N) is 1. The van der Waals surface area contributed by atoms with Crippen molar-refractivity contribution < 1.29 is 13.2 Å². The highest BCUT2D eigenvalue weighted by Gasteiger charge is 2.42. The SMILES string of the molecule is CCc1cccc(C(N)C2CCC(C(F)(F)F)CC2)c1. The van der Waals surface area contributed by atoms with Gasteiger partial charge >= 0.3 is 6.18 Å². The molecular weight excluding hydrogens is 263 g/mol. The molecule has 20 heavy (non-hydrogen) atoms. The average Bonchev–Trinajstić information content (AvgIpc) is 2.46. The van der Waals surface area contributed by atoms with E-state index in [0.717, 1.165) is 12.0 Å². The van der Waals surface area contributed by atoms with Crippen LogP contribution in [0, 0.1) is 11.8 Å². The minimum atomic E-state index is -4.04. The van der Waals surface area contributed by atoms with Crippen LogP contribution < -0.4 is 5.73 Å². The summed E-state index contributed by atoms with van der Waals surface area (Å²) in [6.07, 6.45) is -1.52. The molecule has 0 bridgehead atoms. The lowest BCUT2D eigenvalue weighted by Crippen LogP contribution is -2.31. The Morgan fingerprint density at radius 1 is 1.20 bits per heavy atom. The van der Waals surface area contributed by atoms with Gasteiger partial charge in [-0.05, 0) is 49.1 Å². The standard InChI is InChI=1S/C16H22F3N/c1-2-11-4-3-5-13(10-11)15(20)12-6-8-14(9-7-12)16(17,18)19/h3-5,10,12,14-15H,2,6-9,20H2,1H3. The van der Waals surface area contributed by atoms with Crippen LogP contribution in [-0.2, 0) is 6.42 Å². The molecule has 1 aromatic rings. The van der Waals surface area contributed by atoms with Gasteiger partial charge in [0.25, 0.3) is 0 Å². The summed E-state index contributed by atoms with van der Waals surface area (Å²) in [6, 6.07) is 7.96. The molecule has 2 rings (SSSR count). The number of benzene rings is 1. The molecule has 4 heteroatoms. The molecule has 0 radical (unpaired) electrons. The number of hydrogen-bond acceptors (Lipinski definition) is 1. The fourth-order valence-electron chi connectivity index (χ4n) is 3.10. The zero-order chi connectivity index (χ0) is 14.8. The van der Waals surface area contributed by atoms with Crippen LogP contribution in [0.25, 0.3) is 0 Å².